The van der Waals surface area contributed by atoms with Crippen LogP contribution in [0.15, 0.2) is 61.1 Å². The lowest BCUT2D eigenvalue weighted by Gasteiger charge is -2.30. The molecule has 4 aromatic rings. The van der Waals surface area contributed by atoms with Gasteiger partial charge in [0.25, 0.3) is 5.91 Å². The second-order valence-corrected chi connectivity index (χ2v) is 9.63. The van der Waals surface area contributed by atoms with E-state index in [-0.39, 0.29) is 0 Å². The van der Waals surface area contributed by atoms with E-state index in [1.807, 2.05) is 12.1 Å². The van der Waals surface area contributed by atoms with Crippen LogP contribution in [0.25, 0.3) is 17.0 Å². The molecule has 0 saturated carbocycles. The molecule has 5 rings (SSSR count). The van der Waals surface area contributed by atoms with Gasteiger partial charge in [0.2, 0.25) is 0 Å². The first-order valence-electron chi connectivity index (χ1n) is 12.9. The average molecular weight is 499 g/mol. The van der Waals surface area contributed by atoms with Gasteiger partial charge in [0.1, 0.15) is 5.75 Å². The van der Waals surface area contributed by atoms with Crippen molar-refractivity contribution in [1.29, 1.82) is 0 Å². The molecule has 1 unspecified atom stereocenters. The highest BCUT2D eigenvalue weighted by Crippen LogP contribution is 2.38. The summed E-state index contributed by atoms with van der Waals surface area (Å²) in [6, 6.07) is 13.0. The molecule has 4 N–H and O–H groups in total. The first-order valence-corrected chi connectivity index (χ1v) is 12.9. The Hall–Kier alpha value is -3.81. The number of benzene rings is 2. The largest absolute Gasteiger partial charge is 0.497 e. The fourth-order valence-electron chi connectivity index (χ4n) is 5.54. The van der Waals surface area contributed by atoms with Crippen molar-refractivity contribution in [2.45, 2.75) is 45.2 Å². The summed E-state index contributed by atoms with van der Waals surface area (Å²) in [7, 11) is 1.69. The Morgan fingerprint density at radius 1 is 1.16 bits per heavy atom. The van der Waals surface area contributed by atoms with Gasteiger partial charge in [0.15, 0.2) is 0 Å². The van der Waals surface area contributed by atoms with Crippen LogP contribution in [0.4, 0.5) is 0 Å². The van der Waals surface area contributed by atoms with E-state index in [1.54, 1.807) is 18.7 Å². The number of aryl methyl sites for hydroxylation is 2. The smallest absolute Gasteiger partial charge is 0.267 e. The number of hydrogen-bond donors (Lipinski definition) is 4. The second kappa shape index (κ2) is 11.1. The fraction of sp³-hybridized carbons (Fsp3) is 0.300. The number of nitrogens with one attached hydrogen (secondary N) is 3. The van der Waals surface area contributed by atoms with E-state index in [4.69, 9.17) is 9.94 Å². The van der Waals surface area contributed by atoms with E-state index in [0.717, 1.165) is 55.6 Å². The predicted molar refractivity (Wildman–Crippen MR) is 146 cm³/mol. The SMILES string of the molecule is CCc1c[nH]cc1CN(CCc1c[nH]c2cc(OC)ccc12)C1CCc2cc(C=CC(=O)NO)ccc21. The monoisotopic (exact) mass is 498 g/mol. The summed E-state index contributed by atoms with van der Waals surface area (Å²) < 4.78 is 5.39. The summed E-state index contributed by atoms with van der Waals surface area (Å²) in [4.78, 5) is 20.7. The maximum Gasteiger partial charge on any atom is 0.267 e. The molecular weight excluding hydrogens is 464 g/mol. The minimum Gasteiger partial charge on any atom is -0.497 e. The molecule has 37 heavy (non-hydrogen) atoms. The van der Waals surface area contributed by atoms with Crippen molar-refractivity contribution < 1.29 is 14.7 Å². The predicted octanol–water partition coefficient (Wildman–Crippen LogP) is 5.32. The van der Waals surface area contributed by atoms with Crippen LogP contribution in [0.2, 0.25) is 0 Å². The van der Waals surface area contributed by atoms with E-state index in [9.17, 15) is 4.79 Å². The molecule has 2 aromatic carbocycles. The van der Waals surface area contributed by atoms with Gasteiger partial charge in [-0.1, -0.05) is 25.1 Å². The van der Waals surface area contributed by atoms with Crippen LogP contribution in [0, 0.1) is 0 Å². The number of carbonyl (C=O) groups is 1. The number of H-pyrrole nitrogens is 2. The van der Waals surface area contributed by atoms with Crippen molar-refractivity contribution in [1.82, 2.24) is 20.3 Å². The van der Waals surface area contributed by atoms with Gasteiger partial charge in [0, 0.05) is 60.8 Å². The molecule has 7 nitrogen and oxygen atoms in total. The van der Waals surface area contributed by atoms with Crippen LogP contribution in [-0.2, 0) is 30.6 Å². The number of methoxy groups -OCH3 is 1. The molecule has 192 valence electrons. The summed E-state index contributed by atoms with van der Waals surface area (Å²) in [5, 5.41) is 9.98. The maximum atomic E-state index is 11.4. The molecule has 0 spiro atoms. The summed E-state index contributed by atoms with van der Waals surface area (Å²) in [5.74, 6) is 0.328. The molecule has 1 amide bonds. The van der Waals surface area contributed by atoms with E-state index in [1.165, 1.54) is 39.3 Å². The first-order chi connectivity index (χ1) is 18.1. The van der Waals surface area contributed by atoms with Crippen LogP contribution >= 0.6 is 0 Å². The lowest BCUT2D eigenvalue weighted by Crippen LogP contribution is -2.29. The number of hydroxylamine groups is 1. The average Bonchev–Trinajstić information content (AvgIpc) is 3.67. The first kappa shape index (κ1) is 24.9. The minimum atomic E-state index is -0.529. The van der Waals surface area contributed by atoms with Crippen LogP contribution in [0.1, 0.15) is 52.8 Å². The summed E-state index contributed by atoms with van der Waals surface area (Å²) in [5.41, 5.74) is 10.4. The van der Waals surface area contributed by atoms with Crippen molar-refractivity contribution in [3.05, 3.63) is 94.4 Å². The van der Waals surface area contributed by atoms with Gasteiger partial charge >= 0.3 is 0 Å². The zero-order chi connectivity index (χ0) is 25.8. The maximum absolute atomic E-state index is 11.4. The number of rotatable bonds is 10. The fourth-order valence-corrected chi connectivity index (χ4v) is 5.54. The number of amides is 1. The number of aromatic amines is 2. The van der Waals surface area contributed by atoms with Crippen molar-refractivity contribution in [2.24, 2.45) is 0 Å². The van der Waals surface area contributed by atoms with Crippen LogP contribution in [-0.4, -0.2) is 39.6 Å². The molecule has 1 aliphatic rings. The Labute approximate surface area is 217 Å². The summed E-state index contributed by atoms with van der Waals surface area (Å²) >= 11 is 0. The number of aromatic nitrogens is 2. The Bertz CT molecular complexity index is 1420. The Morgan fingerprint density at radius 2 is 2.03 bits per heavy atom. The highest BCUT2D eigenvalue weighted by molar-refractivity contribution is 5.90. The number of fused-ring (bicyclic) bond motifs is 2. The number of nitrogens with zero attached hydrogens (tertiary/aromatic N) is 1. The van der Waals surface area contributed by atoms with Crippen molar-refractivity contribution in [3.63, 3.8) is 0 Å². The molecule has 2 aromatic heterocycles. The molecule has 1 atom stereocenters. The van der Waals surface area contributed by atoms with Crippen LogP contribution in [0.5, 0.6) is 5.75 Å². The third-order valence-corrected chi connectivity index (χ3v) is 7.52. The third kappa shape index (κ3) is 5.33. The zero-order valence-corrected chi connectivity index (χ0v) is 21.4. The van der Waals surface area contributed by atoms with E-state index in [0.29, 0.717) is 6.04 Å². The van der Waals surface area contributed by atoms with Gasteiger partial charge in [0.05, 0.1) is 7.11 Å². The molecule has 0 bridgehead atoms. The molecule has 0 aliphatic heterocycles. The topological polar surface area (TPSA) is 93.4 Å². The van der Waals surface area contributed by atoms with Gasteiger partial charge in [-0.2, -0.15) is 0 Å². The lowest BCUT2D eigenvalue weighted by atomic mass is 10.0. The Morgan fingerprint density at radius 3 is 2.84 bits per heavy atom. The van der Waals surface area contributed by atoms with Crippen LogP contribution in [0.3, 0.4) is 0 Å². The minimum absolute atomic E-state index is 0.332. The van der Waals surface area contributed by atoms with E-state index in [2.05, 4.69) is 64.6 Å². The van der Waals surface area contributed by atoms with E-state index >= 15 is 0 Å². The molecule has 1 aliphatic carbocycles. The highest BCUT2D eigenvalue weighted by Gasteiger charge is 2.28. The van der Waals surface area contributed by atoms with Crippen molar-refractivity contribution in [3.8, 4) is 5.75 Å². The summed E-state index contributed by atoms with van der Waals surface area (Å²) in [6.07, 6.45) is 13.5. The second-order valence-electron chi connectivity index (χ2n) is 9.63. The highest BCUT2D eigenvalue weighted by atomic mass is 16.5. The zero-order valence-electron chi connectivity index (χ0n) is 21.4. The Balaban J connectivity index is 1.40. The molecule has 0 saturated heterocycles. The normalized spacial score (nSPS) is 15.1. The molecular formula is C30H34N4O3. The number of carbonyl (C=O) groups excluding carboxylic acids is 1. The van der Waals surface area contributed by atoms with Crippen molar-refractivity contribution in [2.75, 3.05) is 13.7 Å². The molecule has 0 radical (unpaired) electrons. The van der Waals surface area contributed by atoms with Crippen LogP contribution < -0.4 is 10.2 Å². The van der Waals surface area contributed by atoms with E-state index < -0.39 is 5.91 Å². The van der Waals surface area contributed by atoms with Gasteiger partial charge in [-0.25, -0.2) is 5.48 Å². The standard InChI is InChI=1S/C30H34N4O3/c1-3-21-16-31-17-24(21)19-34(13-12-23-18-32-28-15-25(37-2)7-9-26(23)28)29-10-6-22-14-20(4-8-27(22)29)5-11-30(35)33-36/h4-5,7-9,11,14-18,29,31-32,36H,3,6,10,12-13,19H2,1-2H3,(H,33,35). The lowest BCUT2D eigenvalue weighted by molar-refractivity contribution is -0.124. The van der Waals surface area contributed by atoms with Gasteiger partial charge in [-0.3, -0.25) is 14.9 Å². The molecule has 0 fully saturated rings. The van der Waals surface area contributed by atoms with Gasteiger partial charge in [-0.05, 0) is 77.3 Å². The summed E-state index contributed by atoms with van der Waals surface area (Å²) in [6.45, 7) is 4.04. The third-order valence-electron chi connectivity index (χ3n) is 7.52. The molecule has 7 heteroatoms. The number of ether oxygens (including phenoxy) is 1. The van der Waals surface area contributed by atoms with Gasteiger partial charge < -0.3 is 14.7 Å². The number of hydrogen-bond acceptors (Lipinski definition) is 4. The van der Waals surface area contributed by atoms with Gasteiger partial charge in [-0.15, -0.1) is 0 Å². The van der Waals surface area contributed by atoms with Crippen molar-refractivity contribution >= 4 is 22.9 Å². The molecule has 2 heterocycles. The Kier molecular flexibility index (Phi) is 7.44. The quantitative estimate of drug-likeness (QED) is 0.135.